The maximum atomic E-state index is 13.4. The zero-order valence-corrected chi connectivity index (χ0v) is 12.8. The van der Waals surface area contributed by atoms with Crippen molar-refractivity contribution in [2.24, 2.45) is 0 Å². The van der Waals surface area contributed by atoms with Gasteiger partial charge in [0.1, 0.15) is 17.5 Å². The van der Waals surface area contributed by atoms with E-state index in [2.05, 4.69) is 9.97 Å². The number of carbonyl (C=O) groups is 1. The fourth-order valence-electron chi connectivity index (χ4n) is 3.24. The molecule has 1 N–H and O–H groups in total. The Morgan fingerprint density at radius 1 is 1.17 bits per heavy atom. The highest BCUT2D eigenvalue weighted by Crippen LogP contribution is 2.32. The molecule has 3 aromatic rings. The van der Waals surface area contributed by atoms with Crippen molar-refractivity contribution in [3.8, 4) is 0 Å². The van der Waals surface area contributed by atoms with Gasteiger partial charge in [0.25, 0.3) is 5.91 Å². The molecular weight excluding hydrogens is 312 g/mol. The topological polar surface area (TPSA) is 49.0 Å². The van der Waals surface area contributed by atoms with E-state index in [0.29, 0.717) is 29.0 Å². The summed E-state index contributed by atoms with van der Waals surface area (Å²) >= 11 is 0. The fourth-order valence-corrected chi connectivity index (χ4v) is 3.24. The number of likely N-dealkylation sites (tertiary alicyclic amines) is 1. The number of fused-ring (bicyclic) bond motifs is 1. The smallest absolute Gasteiger partial charge is 0.254 e. The van der Waals surface area contributed by atoms with Crippen LogP contribution in [0.1, 0.15) is 35.1 Å². The van der Waals surface area contributed by atoms with Gasteiger partial charge < -0.3 is 9.88 Å². The average molecular weight is 327 g/mol. The minimum Gasteiger partial charge on any atom is -0.340 e. The molecule has 2 aromatic carbocycles. The number of rotatable bonds is 2. The molecule has 4 nitrogen and oxygen atoms in total. The number of aromatic nitrogens is 2. The zero-order valence-electron chi connectivity index (χ0n) is 12.8. The molecule has 0 spiro atoms. The number of benzene rings is 2. The quantitative estimate of drug-likeness (QED) is 0.778. The first-order valence-corrected chi connectivity index (χ1v) is 7.83. The zero-order chi connectivity index (χ0) is 16.7. The number of carbonyl (C=O) groups excluding carboxylic acids is 1. The van der Waals surface area contributed by atoms with Gasteiger partial charge in [-0.25, -0.2) is 13.8 Å². The third-order valence-corrected chi connectivity index (χ3v) is 4.36. The van der Waals surface area contributed by atoms with Gasteiger partial charge in [-0.3, -0.25) is 4.79 Å². The van der Waals surface area contributed by atoms with E-state index < -0.39 is 5.82 Å². The summed E-state index contributed by atoms with van der Waals surface area (Å²) in [7, 11) is 0. The van der Waals surface area contributed by atoms with E-state index in [1.165, 1.54) is 30.3 Å². The molecule has 1 aromatic heterocycles. The van der Waals surface area contributed by atoms with Crippen molar-refractivity contribution in [2.75, 3.05) is 6.54 Å². The maximum absolute atomic E-state index is 13.4. The van der Waals surface area contributed by atoms with Crippen LogP contribution >= 0.6 is 0 Å². The third-order valence-electron chi connectivity index (χ3n) is 4.36. The van der Waals surface area contributed by atoms with E-state index in [1.54, 1.807) is 17.0 Å². The van der Waals surface area contributed by atoms with Gasteiger partial charge in [-0.05, 0) is 49.2 Å². The van der Waals surface area contributed by atoms with Crippen LogP contribution in [0.2, 0.25) is 0 Å². The van der Waals surface area contributed by atoms with Crippen molar-refractivity contribution in [1.29, 1.82) is 0 Å². The lowest BCUT2D eigenvalue weighted by atomic mass is 10.1. The molecule has 0 bridgehead atoms. The van der Waals surface area contributed by atoms with E-state index in [0.717, 1.165) is 12.8 Å². The predicted octanol–water partition coefficient (Wildman–Crippen LogP) is 3.82. The number of amides is 1. The van der Waals surface area contributed by atoms with Gasteiger partial charge in [0, 0.05) is 12.1 Å². The van der Waals surface area contributed by atoms with Crippen LogP contribution in [0, 0.1) is 11.6 Å². The van der Waals surface area contributed by atoms with Crippen LogP contribution in [0.25, 0.3) is 11.0 Å². The SMILES string of the molecule is O=C(c1cccc(F)c1)N1CCCC1c1nc2ccc(F)cc2[nH]1. The van der Waals surface area contributed by atoms with Gasteiger partial charge in [0.2, 0.25) is 0 Å². The highest BCUT2D eigenvalue weighted by molar-refractivity contribution is 5.94. The number of imidazole rings is 1. The van der Waals surface area contributed by atoms with Crippen molar-refractivity contribution >= 4 is 16.9 Å². The molecule has 0 aliphatic carbocycles. The highest BCUT2D eigenvalue weighted by atomic mass is 19.1. The molecule has 0 radical (unpaired) electrons. The molecule has 4 rings (SSSR count). The van der Waals surface area contributed by atoms with Crippen LogP contribution in [0.4, 0.5) is 8.78 Å². The van der Waals surface area contributed by atoms with Crippen LogP contribution in [0.5, 0.6) is 0 Å². The first-order valence-electron chi connectivity index (χ1n) is 7.83. The monoisotopic (exact) mass is 327 g/mol. The first-order chi connectivity index (χ1) is 11.6. The minimum atomic E-state index is -0.434. The molecule has 1 amide bonds. The van der Waals surface area contributed by atoms with Gasteiger partial charge in [-0.2, -0.15) is 0 Å². The number of halogens is 2. The van der Waals surface area contributed by atoms with E-state index in [4.69, 9.17) is 0 Å². The molecule has 1 aliphatic heterocycles. The largest absolute Gasteiger partial charge is 0.340 e. The number of hydrogen-bond donors (Lipinski definition) is 1. The second-order valence-electron chi connectivity index (χ2n) is 5.95. The van der Waals surface area contributed by atoms with Crippen LogP contribution in [-0.4, -0.2) is 27.3 Å². The van der Waals surface area contributed by atoms with Crippen LogP contribution in [0.15, 0.2) is 42.5 Å². The summed E-state index contributed by atoms with van der Waals surface area (Å²) < 4.78 is 26.7. The summed E-state index contributed by atoms with van der Waals surface area (Å²) in [4.78, 5) is 22.0. The maximum Gasteiger partial charge on any atom is 0.254 e. The van der Waals surface area contributed by atoms with Gasteiger partial charge in [-0.15, -0.1) is 0 Å². The minimum absolute atomic E-state index is 0.212. The first kappa shape index (κ1) is 14.8. The molecule has 24 heavy (non-hydrogen) atoms. The van der Waals surface area contributed by atoms with Crippen LogP contribution < -0.4 is 0 Å². The molecule has 1 fully saturated rings. The van der Waals surface area contributed by atoms with E-state index in [9.17, 15) is 13.6 Å². The van der Waals surface area contributed by atoms with E-state index >= 15 is 0 Å². The predicted molar refractivity (Wildman–Crippen MR) is 85.5 cm³/mol. The van der Waals surface area contributed by atoms with Crippen LogP contribution in [-0.2, 0) is 0 Å². The Morgan fingerprint density at radius 3 is 2.83 bits per heavy atom. The van der Waals surface area contributed by atoms with Gasteiger partial charge in [-0.1, -0.05) is 6.07 Å². The lowest BCUT2D eigenvalue weighted by Crippen LogP contribution is -2.31. The lowest BCUT2D eigenvalue weighted by Gasteiger charge is -2.23. The Hall–Kier alpha value is -2.76. The normalized spacial score (nSPS) is 17.6. The number of nitrogens with zero attached hydrogens (tertiary/aromatic N) is 2. The summed E-state index contributed by atoms with van der Waals surface area (Å²) in [5, 5.41) is 0. The Morgan fingerprint density at radius 2 is 2.00 bits per heavy atom. The number of H-pyrrole nitrogens is 1. The average Bonchev–Trinajstić information content (AvgIpc) is 3.19. The lowest BCUT2D eigenvalue weighted by molar-refractivity contribution is 0.0730. The van der Waals surface area contributed by atoms with E-state index in [1.807, 2.05) is 0 Å². The Bertz CT molecular complexity index is 922. The number of hydrogen-bond acceptors (Lipinski definition) is 2. The van der Waals surface area contributed by atoms with Crippen molar-refractivity contribution in [1.82, 2.24) is 14.9 Å². The van der Waals surface area contributed by atoms with Crippen molar-refractivity contribution in [3.63, 3.8) is 0 Å². The van der Waals surface area contributed by atoms with Crippen molar-refractivity contribution in [3.05, 3.63) is 65.5 Å². The Labute approximate surface area is 137 Å². The van der Waals surface area contributed by atoms with Gasteiger partial charge in [0.15, 0.2) is 0 Å². The summed E-state index contributed by atoms with van der Waals surface area (Å²) in [5.74, 6) is -0.353. The standard InChI is InChI=1S/C18H15F2N3O/c19-12-4-1-3-11(9-12)18(24)23-8-2-5-16(23)17-21-14-7-6-13(20)10-15(14)22-17/h1,3-4,6-7,9-10,16H,2,5,8H2,(H,21,22). The Balaban J connectivity index is 1.67. The molecule has 6 heteroatoms. The summed E-state index contributed by atoms with van der Waals surface area (Å²) in [6.07, 6.45) is 1.61. The molecule has 122 valence electrons. The molecule has 1 atom stereocenters. The third kappa shape index (κ3) is 2.54. The number of aromatic amines is 1. The van der Waals surface area contributed by atoms with Gasteiger partial charge >= 0.3 is 0 Å². The molecule has 1 unspecified atom stereocenters. The molecular formula is C18H15F2N3O. The van der Waals surface area contributed by atoms with Crippen molar-refractivity contribution in [2.45, 2.75) is 18.9 Å². The van der Waals surface area contributed by atoms with Crippen LogP contribution in [0.3, 0.4) is 0 Å². The summed E-state index contributed by atoms with van der Waals surface area (Å²) in [6, 6.07) is 9.83. The van der Waals surface area contributed by atoms with Crippen molar-refractivity contribution < 1.29 is 13.6 Å². The summed E-state index contributed by atoms with van der Waals surface area (Å²) in [6.45, 7) is 0.589. The fraction of sp³-hybridized carbons (Fsp3) is 0.222. The highest BCUT2D eigenvalue weighted by Gasteiger charge is 2.32. The molecule has 1 aliphatic rings. The molecule has 1 saturated heterocycles. The number of nitrogens with one attached hydrogen (secondary N) is 1. The van der Waals surface area contributed by atoms with E-state index in [-0.39, 0.29) is 17.8 Å². The molecule has 0 saturated carbocycles. The molecule has 2 heterocycles. The summed E-state index contributed by atoms with van der Waals surface area (Å²) in [5.41, 5.74) is 1.59. The second-order valence-corrected chi connectivity index (χ2v) is 5.95. The Kier molecular flexibility index (Phi) is 3.52. The second kappa shape index (κ2) is 5.70. The van der Waals surface area contributed by atoms with Gasteiger partial charge in [0.05, 0.1) is 17.1 Å².